The highest BCUT2D eigenvalue weighted by Gasteiger charge is 2.11. The number of anilines is 1. The first-order valence-corrected chi connectivity index (χ1v) is 8.44. The summed E-state index contributed by atoms with van der Waals surface area (Å²) in [6, 6.07) is 8.71. The lowest BCUT2D eigenvalue weighted by Crippen LogP contribution is -2.22. The van der Waals surface area contributed by atoms with Gasteiger partial charge < -0.3 is 4.57 Å². The van der Waals surface area contributed by atoms with E-state index in [2.05, 4.69) is 10.3 Å². The molecule has 0 atom stereocenters. The number of hydrogen-bond acceptors (Lipinski definition) is 4. The zero-order chi connectivity index (χ0) is 18.0. The number of nitrogens with zero attached hydrogens (tertiary/aromatic N) is 2. The van der Waals surface area contributed by atoms with Gasteiger partial charge in [0.1, 0.15) is 5.82 Å². The van der Waals surface area contributed by atoms with E-state index < -0.39 is 0 Å². The van der Waals surface area contributed by atoms with Gasteiger partial charge in [-0.05, 0) is 37.6 Å². The molecule has 3 aromatic rings. The third-order valence-corrected chi connectivity index (χ3v) is 4.75. The Morgan fingerprint density at radius 2 is 1.92 bits per heavy atom. The summed E-state index contributed by atoms with van der Waals surface area (Å²) in [7, 11) is 0. The van der Waals surface area contributed by atoms with Gasteiger partial charge in [-0.3, -0.25) is 14.9 Å². The summed E-state index contributed by atoms with van der Waals surface area (Å²) in [6.45, 7) is 4.07. The summed E-state index contributed by atoms with van der Waals surface area (Å²) in [5.74, 6) is -0.667. The van der Waals surface area contributed by atoms with E-state index in [4.69, 9.17) is 0 Å². The topological polar surface area (TPSA) is 64.0 Å². The van der Waals surface area contributed by atoms with E-state index in [0.717, 1.165) is 16.1 Å². The second-order valence-electron chi connectivity index (χ2n) is 5.63. The van der Waals surface area contributed by atoms with Crippen molar-refractivity contribution in [3.05, 3.63) is 80.5 Å². The summed E-state index contributed by atoms with van der Waals surface area (Å²) in [6.07, 6.45) is 1.49. The molecule has 25 heavy (non-hydrogen) atoms. The van der Waals surface area contributed by atoms with Gasteiger partial charge in [-0.1, -0.05) is 12.1 Å². The van der Waals surface area contributed by atoms with Crippen molar-refractivity contribution in [2.45, 2.75) is 20.4 Å². The Morgan fingerprint density at radius 1 is 1.20 bits per heavy atom. The van der Waals surface area contributed by atoms with Crippen molar-refractivity contribution in [3.63, 3.8) is 0 Å². The normalized spacial score (nSPS) is 10.7. The Hall–Kier alpha value is -2.80. The number of pyridine rings is 1. The van der Waals surface area contributed by atoms with E-state index in [1.54, 1.807) is 12.1 Å². The lowest BCUT2D eigenvalue weighted by Gasteiger charge is -2.08. The molecule has 2 heterocycles. The molecule has 0 unspecified atom stereocenters. The Labute approximate surface area is 147 Å². The fourth-order valence-electron chi connectivity index (χ4n) is 2.27. The number of amides is 1. The maximum Gasteiger partial charge on any atom is 0.258 e. The highest BCUT2D eigenvalue weighted by Crippen LogP contribution is 2.21. The molecular weight excluding hydrogens is 341 g/mol. The van der Waals surface area contributed by atoms with E-state index in [9.17, 15) is 14.0 Å². The van der Waals surface area contributed by atoms with Crippen LogP contribution >= 0.6 is 11.3 Å². The Kier molecular flexibility index (Phi) is 4.76. The average molecular weight is 357 g/mol. The second-order valence-corrected chi connectivity index (χ2v) is 6.83. The first-order chi connectivity index (χ1) is 11.9. The van der Waals surface area contributed by atoms with Gasteiger partial charge in [-0.15, -0.1) is 11.3 Å². The minimum Gasteiger partial charge on any atom is -0.310 e. The number of nitrogens with one attached hydrogen (secondary N) is 1. The lowest BCUT2D eigenvalue weighted by molar-refractivity contribution is 0.102. The second kappa shape index (κ2) is 6.98. The Balaban J connectivity index is 1.81. The predicted octanol–water partition coefficient (Wildman–Crippen LogP) is 3.36. The van der Waals surface area contributed by atoms with Crippen molar-refractivity contribution < 1.29 is 9.18 Å². The number of benzene rings is 1. The molecule has 128 valence electrons. The molecule has 0 aliphatic heterocycles. The van der Waals surface area contributed by atoms with Crippen molar-refractivity contribution in [1.29, 1.82) is 0 Å². The van der Waals surface area contributed by atoms with E-state index in [1.165, 1.54) is 46.4 Å². The summed E-state index contributed by atoms with van der Waals surface area (Å²) in [5, 5.41) is 3.27. The molecule has 2 aromatic heterocycles. The van der Waals surface area contributed by atoms with Crippen LogP contribution in [0.25, 0.3) is 0 Å². The molecule has 0 saturated heterocycles. The fraction of sp³-hybridized carbons (Fsp3) is 0.167. The quantitative estimate of drug-likeness (QED) is 0.779. The highest BCUT2D eigenvalue weighted by molar-refractivity contribution is 7.15. The van der Waals surface area contributed by atoms with Crippen molar-refractivity contribution >= 4 is 22.4 Å². The van der Waals surface area contributed by atoms with Crippen LogP contribution in [-0.2, 0) is 6.54 Å². The van der Waals surface area contributed by atoms with E-state index in [0.29, 0.717) is 10.7 Å². The number of carbonyl (C=O) groups excluding carboxylic acids is 1. The monoisotopic (exact) mass is 357 g/mol. The molecule has 1 amide bonds. The molecule has 7 heteroatoms. The van der Waals surface area contributed by atoms with Crippen molar-refractivity contribution in [2.24, 2.45) is 0 Å². The third kappa shape index (κ3) is 4.00. The van der Waals surface area contributed by atoms with Gasteiger partial charge in [0.05, 0.1) is 17.8 Å². The molecule has 0 radical (unpaired) electrons. The van der Waals surface area contributed by atoms with E-state index >= 15 is 0 Å². The van der Waals surface area contributed by atoms with Gasteiger partial charge in [0.15, 0.2) is 5.13 Å². The first-order valence-electron chi connectivity index (χ1n) is 7.63. The van der Waals surface area contributed by atoms with Crippen LogP contribution in [0.3, 0.4) is 0 Å². The van der Waals surface area contributed by atoms with Crippen LogP contribution in [0, 0.1) is 19.7 Å². The van der Waals surface area contributed by atoms with Crippen LogP contribution in [0.15, 0.2) is 47.4 Å². The molecule has 1 N–H and O–H groups in total. The Bertz CT molecular complexity index is 957. The summed E-state index contributed by atoms with van der Waals surface area (Å²) in [4.78, 5) is 29.7. The summed E-state index contributed by atoms with van der Waals surface area (Å²) in [5.41, 5.74) is 1.77. The minimum absolute atomic E-state index is 0.234. The van der Waals surface area contributed by atoms with Crippen LogP contribution in [0.1, 0.15) is 26.5 Å². The SMILES string of the molecule is Cc1nc(NC(=O)c2ccc(=O)n(Cc3ccc(F)cc3)c2)sc1C. The number of aryl methyl sites for hydroxylation is 2. The minimum atomic E-state index is -0.335. The largest absolute Gasteiger partial charge is 0.310 e. The molecule has 0 bridgehead atoms. The van der Waals surface area contributed by atoms with Crippen molar-refractivity contribution in [3.8, 4) is 0 Å². The number of halogens is 1. The van der Waals surface area contributed by atoms with E-state index in [-0.39, 0.29) is 23.8 Å². The zero-order valence-electron chi connectivity index (χ0n) is 13.7. The molecule has 3 rings (SSSR count). The average Bonchev–Trinajstić information content (AvgIpc) is 2.89. The van der Waals surface area contributed by atoms with Gasteiger partial charge in [-0.25, -0.2) is 9.37 Å². The molecule has 0 saturated carbocycles. The maximum atomic E-state index is 13.0. The number of hydrogen-bond donors (Lipinski definition) is 1. The van der Waals surface area contributed by atoms with Gasteiger partial charge in [0, 0.05) is 17.1 Å². The number of thiazole rings is 1. The van der Waals surface area contributed by atoms with Crippen molar-refractivity contribution in [1.82, 2.24) is 9.55 Å². The molecule has 5 nitrogen and oxygen atoms in total. The molecule has 1 aromatic carbocycles. The fourth-order valence-corrected chi connectivity index (χ4v) is 3.08. The van der Waals surface area contributed by atoms with Crippen LogP contribution in [0.5, 0.6) is 0 Å². The van der Waals surface area contributed by atoms with Gasteiger partial charge in [0.2, 0.25) is 0 Å². The smallest absolute Gasteiger partial charge is 0.258 e. The summed E-state index contributed by atoms with van der Waals surface area (Å²) < 4.78 is 14.4. The van der Waals surface area contributed by atoms with Gasteiger partial charge in [-0.2, -0.15) is 0 Å². The van der Waals surface area contributed by atoms with Crippen LogP contribution in [-0.4, -0.2) is 15.5 Å². The molecule has 0 spiro atoms. The predicted molar refractivity (Wildman–Crippen MR) is 95.7 cm³/mol. The van der Waals surface area contributed by atoms with Gasteiger partial charge in [0.25, 0.3) is 11.5 Å². The number of rotatable bonds is 4. The first kappa shape index (κ1) is 17.0. The molecule has 0 aliphatic carbocycles. The van der Waals surface area contributed by atoms with Crippen molar-refractivity contribution in [2.75, 3.05) is 5.32 Å². The standard InChI is InChI=1S/C18H16FN3O2S/c1-11-12(2)25-18(20-11)21-17(24)14-5-8-16(23)22(10-14)9-13-3-6-15(19)7-4-13/h3-8,10H,9H2,1-2H3,(H,20,21,24). The van der Waals surface area contributed by atoms with Gasteiger partial charge >= 0.3 is 0 Å². The highest BCUT2D eigenvalue weighted by atomic mass is 32.1. The lowest BCUT2D eigenvalue weighted by atomic mass is 10.2. The molecule has 0 fully saturated rings. The van der Waals surface area contributed by atoms with Crippen LogP contribution in [0.2, 0.25) is 0 Å². The summed E-state index contributed by atoms with van der Waals surface area (Å²) >= 11 is 1.40. The zero-order valence-corrected chi connectivity index (χ0v) is 14.6. The number of carbonyl (C=O) groups is 1. The maximum absolute atomic E-state index is 13.0. The van der Waals surface area contributed by atoms with Crippen LogP contribution in [0.4, 0.5) is 9.52 Å². The van der Waals surface area contributed by atoms with E-state index in [1.807, 2.05) is 13.8 Å². The Morgan fingerprint density at radius 3 is 2.56 bits per heavy atom. The number of aromatic nitrogens is 2. The molecule has 0 aliphatic rings. The molecular formula is C18H16FN3O2S. The van der Waals surface area contributed by atoms with Crippen LogP contribution < -0.4 is 10.9 Å². The third-order valence-electron chi connectivity index (χ3n) is 3.76.